The molecule has 3 aromatic rings. The van der Waals surface area contributed by atoms with E-state index in [9.17, 15) is 9.90 Å². The first-order valence-electron chi connectivity index (χ1n) is 8.42. The summed E-state index contributed by atoms with van der Waals surface area (Å²) in [7, 11) is 1.36. The molecule has 0 aromatic heterocycles. The Labute approximate surface area is 158 Å². The van der Waals surface area contributed by atoms with Crippen molar-refractivity contribution in [1.29, 1.82) is 0 Å². The van der Waals surface area contributed by atoms with Crippen LogP contribution in [0.3, 0.4) is 0 Å². The predicted molar refractivity (Wildman–Crippen MR) is 107 cm³/mol. The maximum atomic E-state index is 11.4. The molecule has 0 aliphatic rings. The van der Waals surface area contributed by atoms with E-state index in [1.54, 1.807) is 42.5 Å². The van der Waals surface area contributed by atoms with Crippen molar-refractivity contribution < 1.29 is 14.6 Å². The smallest absolute Gasteiger partial charge is 0.337 e. The molecule has 0 amide bonds. The number of ether oxygens (including phenoxy) is 1. The number of benzene rings is 3. The molecule has 0 fully saturated rings. The van der Waals surface area contributed by atoms with Crippen LogP contribution in [-0.4, -0.2) is 18.2 Å². The molecular formula is C24H18O3. The lowest BCUT2D eigenvalue weighted by molar-refractivity contribution is 0.0600. The van der Waals surface area contributed by atoms with Gasteiger partial charge in [0.05, 0.1) is 12.7 Å². The van der Waals surface area contributed by atoms with Gasteiger partial charge in [0.2, 0.25) is 0 Å². The van der Waals surface area contributed by atoms with Gasteiger partial charge in [-0.3, -0.25) is 0 Å². The van der Waals surface area contributed by atoms with E-state index < -0.39 is 0 Å². The lowest BCUT2D eigenvalue weighted by Gasteiger charge is -2.06. The lowest BCUT2D eigenvalue weighted by Crippen LogP contribution is -2.00. The van der Waals surface area contributed by atoms with Gasteiger partial charge >= 0.3 is 5.97 Å². The zero-order chi connectivity index (χ0) is 19.1. The minimum absolute atomic E-state index is 0.246. The normalized spacial score (nSPS) is 10.3. The van der Waals surface area contributed by atoms with Crippen LogP contribution in [0.5, 0.6) is 5.75 Å². The highest BCUT2D eigenvalue weighted by atomic mass is 16.5. The fourth-order valence-corrected chi connectivity index (χ4v) is 2.61. The van der Waals surface area contributed by atoms with E-state index in [2.05, 4.69) is 16.6 Å². The van der Waals surface area contributed by atoms with Gasteiger partial charge in [-0.15, -0.1) is 0 Å². The summed E-state index contributed by atoms with van der Waals surface area (Å²) in [4.78, 5) is 11.4. The Hall–Kier alpha value is -3.77. The third-order valence-electron chi connectivity index (χ3n) is 4.01. The van der Waals surface area contributed by atoms with E-state index >= 15 is 0 Å². The summed E-state index contributed by atoms with van der Waals surface area (Å²) < 4.78 is 4.68. The molecular weight excluding hydrogens is 336 g/mol. The van der Waals surface area contributed by atoms with Crippen LogP contribution in [0.4, 0.5) is 0 Å². The van der Waals surface area contributed by atoms with E-state index in [0.717, 1.165) is 22.3 Å². The number of esters is 1. The first kappa shape index (κ1) is 18.0. The third-order valence-corrected chi connectivity index (χ3v) is 4.01. The highest BCUT2D eigenvalue weighted by molar-refractivity contribution is 5.89. The van der Waals surface area contributed by atoms with Crippen LogP contribution >= 0.6 is 0 Å². The number of phenolic OH excluding ortho intramolecular Hbond substituents is 1. The lowest BCUT2D eigenvalue weighted by atomic mass is 9.99. The van der Waals surface area contributed by atoms with Crippen molar-refractivity contribution >= 4 is 12.0 Å². The Morgan fingerprint density at radius 3 is 2.37 bits per heavy atom. The largest absolute Gasteiger partial charge is 0.508 e. The van der Waals surface area contributed by atoms with Crippen LogP contribution in [0.15, 0.2) is 78.9 Å². The Balaban J connectivity index is 1.77. The molecule has 0 saturated carbocycles. The molecule has 3 heteroatoms. The van der Waals surface area contributed by atoms with Crippen LogP contribution in [0.1, 0.15) is 21.5 Å². The number of aromatic hydroxyl groups is 1. The van der Waals surface area contributed by atoms with Crippen LogP contribution < -0.4 is 0 Å². The number of carbonyl (C=O) groups is 1. The van der Waals surface area contributed by atoms with Gasteiger partial charge in [-0.25, -0.2) is 4.79 Å². The van der Waals surface area contributed by atoms with Gasteiger partial charge < -0.3 is 9.84 Å². The van der Waals surface area contributed by atoms with Crippen molar-refractivity contribution in [2.75, 3.05) is 7.11 Å². The molecule has 132 valence electrons. The van der Waals surface area contributed by atoms with Crippen molar-refractivity contribution in [3.05, 3.63) is 95.6 Å². The molecule has 3 rings (SSSR count). The summed E-state index contributed by atoms with van der Waals surface area (Å²) in [5, 5.41) is 9.46. The van der Waals surface area contributed by atoms with Gasteiger partial charge in [-0.05, 0) is 65.2 Å². The van der Waals surface area contributed by atoms with Crippen LogP contribution in [0.2, 0.25) is 0 Å². The van der Waals surface area contributed by atoms with E-state index in [1.807, 2.05) is 42.5 Å². The molecule has 0 aliphatic heterocycles. The molecule has 0 aliphatic carbocycles. The van der Waals surface area contributed by atoms with Crippen molar-refractivity contribution in [2.45, 2.75) is 0 Å². The molecule has 0 heterocycles. The van der Waals surface area contributed by atoms with Crippen LogP contribution in [0.25, 0.3) is 17.2 Å². The number of allylic oxidation sites excluding steroid dienone is 1. The first-order valence-corrected chi connectivity index (χ1v) is 8.42. The van der Waals surface area contributed by atoms with Gasteiger partial charge in [-0.1, -0.05) is 48.2 Å². The quantitative estimate of drug-likeness (QED) is 0.537. The Morgan fingerprint density at radius 1 is 0.963 bits per heavy atom. The summed E-state index contributed by atoms with van der Waals surface area (Å²) in [6, 6.07) is 22.1. The molecule has 0 radical (unpaired) electrons. The van der Waals surface area contributed by atoms with Crippen molar-refractivity contribution in [3.63, 3.8) is 0 Å². The molecule has 0 atom stereocenters. The number of phenols is 1. The molecule has 0 saturated heterocycles. The zero-order valence-corrected chi connectivity index (χ0v) is 14.8. The van der Waals surface area contributed by atoms with Crippen molar-refractivity contribution in [2.24, 2.45) is 0 Å². The minimum Gasteiger partial charge on any atom is -0.508 e. The number of hydrogen-bond acceptors (Lipinski definition) is 3. The average Bonchev–Trinajstić information content (AvgIpc) is 2.72. The number of carbonyl (C=O) groups excluding carboxylic acids is 1. The summed E-state index contributed by atoms with van der Waals surface area (Å²) in [5.74, 6) is 5.94. The van der Waals surface area contributed by atoms with E-state index in [0.29, 0.717) is 5.56 Å². The number of rotatable bonds is 3. The van der Waals surface area contributed by atoms with Crippen molar-refractivity contribution in [3.8, 4) is 28.7 Å². The maximum absolute atomic E-state index is 11.4. The Kier molecular flexibility index (Phi) is 5.71. The van der Waals surface area contributed by atoms with E-state index in [4.69, 9.17) is 0 Å². The van der Waals surface area contributed by atoms with Gasteiger partial charge in [-0.2, -0.15) is 0 Å². The average molecular weight is 354 g/mol. The van der Waals surface area contributed by atoms with Crippen molar-refractivity contribution in [1.82, 2.24) is 0 Å². The van der Waals surface area contributed by atoms with Gasteiger partial charge in [0.1, 0.15) is 5.75 Å². The molecule has 1 N–H and O–H groups in total. The highest BCUT2D eigenvalue weighted by Crippen LogP contribution is 2.26. The van der Waals surface area contributed by atoms with Gasteiger partial charge in [0.15, 0.2) is 0 Å². The third kappa shape index (κ3) is 4.65. The zero-order valence-electron chi connectivity index (χ0n) is 14.8. The molecule has 0 spiro atoms. The Bertz CT molecular complexity index is 1020. The summed E-state index contributed by atoms with van der Waals surface area (Å²) in [6.45, 7) is 0. The second-order valence-corrected chi connectivity index (χ2v) is 5.81. The fraction of sp³-hybridized carbons (Fsp3) is 0.0417. The van der Waals surface area contributed by atoms with E-state index in [-0.39, 0.29) is 11.7 Å². The van der Waals surface area contributed by atoms with Gasteiger partial charge in [0, 0.05) is 5.56 Å². The monoisotopic (exact) mass is 354 g/mol. The standard InChI is InChI=1S/C24H18O3/c1-27-24(26)21-12-10-18(11-13-21)6-2-3-7-19-8-4-5-9-23(19)20-14-16-22(25)17-15-20/h3-5,7-17,25H,1H3. The first-order chi connectivity index (χ1) is 13.2. The van der Waals surface area contributed by atoms with Crippen LogP contribution in [0, 0.1) is 11.8 Å². The summed E-state index contributed by atoms with van der Waals surface area (Å²) in [6.07, 6.45) is 3.76. The summed E-state index contributed by atoms with van der Waals surface area (Å²) >= 11 is 0. The second-order valence-electron chi connectivity index (χ2n) is 5.81. The highest BCUT2D eigenvalue weighted by Gasteiger charge is 2.03. The van der Waals surface area contributed by atoms with Gasteiger partial charge in [0.25, 0.3) is 0 Å². The summed E-state index contributed by atoms with van der Waals surface area (Å²) in [5.41, 5.74) is 4.46. The topological polar surface area (TPSA) is 46.5 Å². The molecule has 3 nitrogen and oxygen atoms in total. The van der Waals surface area contributed by atoms with E-state index in [1.165, 1.54) is 7.11 Å². The maximum Gasteiger partial charge on any atom is 0.337 e. The fourth-order valence-electron chi connectivity index (χ4n) is 2.61. The SMILES string of the molecule is COC(=O)c1ccc(C#CC=Cc2ccccc2-c2ccc(O)cc2)cc1. The Morgan fingerprint density at radius 2 is 1.67 bits per heavy atom. The molecule has 27 heavy (non-hydrogen) atoms. The predicted octanol–water partition coefficient (Wildman–Crippen LogP) is 4.91. The van der Waals surface area contributed by atoms with Crippen LogP contribution in [-0.2, 0) is 4.74 Å². The molecule has 0 bridgehead atoms. The molecule has 3 aromatic carbocycles. The number of methoxy groups -OCH3 is 1. The minimum atomic E-state index is -0.361. The second kappa shape index (κ2) is 8.55. The number of hydrogen-bond donors (Lipinski definition) is 1. The molecule has 0 unspecified atom stereocenters.